The number of benzene rings is 1. The highest BCUT2D eigenvalue weighted by atomic mass is 16.2. The molecule has 0 N–H and O–H groups in total. The molecule has 0 atom stereocenters. The van der Waals surface area contributed by atoms with Gasteiger partial charge in [-0.05, 0) is 43.7 Å². The number of rotatable bonds is 5. The van der Waals surface area contributed by atoms with E-state index >= 15 is 0 Å². The Bertz CT molecular complexity index is 683. The number of hydrogen-bond donors (Lipinski definition) is 0. The van der Waals surface area contributed by atoms with Gasteiger partial charge in [0.05, 0.1) is 17.4 Å². The molecule has 0 saturated heterocycles. The molecule has 0 spiro atoms. The lowest BCUT2D eigenvalue weighted by Crippen LogP contribution is -2.44. The Balaban J connectivity index is 1.51. The van der Waals surface area contributed by atoms with Gasteiger partial charge in [0.25, 0.3) is 0 Å². The number of para-hydroxylation sites is 2. The van der Waals surface area contributed by atoms with Crippen LogP contribution >= 0.6 is 0 Å². The molecule has 1 aromatic heterocycles. The number of carbonyl (C=O) groups is 1. The number of hydrogen-bond acceptors (Lipinski definition) is 2. The van der Waals surface area contributed by atoms with E-state index in [4.69, 9.17) is 0 Å². The number of nitrogens with zero attached hydrogens (tertiary/aromatic N) is 3. The highest BCUT2D eigenvalue weighted by molar-refractivity contribution is 5.80. The number of imidazole rings is 1. The average Bonchev–Trinajstić information content (AvgIpc) is 3.34. The van der Waals surface area contributed by atoms with Crippen molar-refractivity contribution in [1.29, 1.82) is 0 Å². The summed E-state index contributed by atoms with van der Waals surface area (Å²) in [5, 5.41) is 0. The minimum atomic E-state index is 0.270. The largest absolute Gasteiger partial charge is 0.338 e. The van der Waals surface area contributed by atoms with E-state index in [0.29, 0.717) is 12.6 Å². The zero-order valence-electron chi connectivity index (χ0n) is 13.7. The molecule has 4 heteroatoms. The molecule has 2 aliphatic rings. The van der Waals surface area contributed by atoms with Crippen molar-refractivity contribution in [3.63, 3.8) is 0 Å². The summed E-state index contributed by atoms with van der Waals surface area (Å²) < 4.78 is 2.00. The number of carbonyl (C=O) groups excluding carboxylic acids is 1. The number of amides is 1. The Hall–Kier alpha value is -1.84. The maximum atomic E-state index is 13.0. The summed E-state index contributed by atoms with van der Waals surface area (Å²) in [7, 11) is 0. The molecule has 2 fully saturated rings. The normalized spacial score (nSPS) is 19.1. The van der Waals surface area contributed by atoms with E-state index in [2.05, 4.69) is 9.88 Å². The molecule has 2 aromatic rings. The van der Waals surface area contributed by atoms with Crippen LogP contribution in [0.3, 0.4) is 0 Å². The lowest BCUT2D eigenvalue weighted by molar-refractivity contribution is -0.135. The van der Waals surface area contributed by atoms with Gasteiger partial charge in [0.1, 0.15) is 6.54 Å². The van der Waals surface area contributed by atoms with E-state index in [-0.39, 0.29) is 5.91 Å². The minimum Gasteiger partial charge on any atom is -0.338 e. The van der Waals surface area contributed by atoms with Crippen LogP contribution in [0.5, 0.6) is 0 Å². The molecule has 1 aromatic carbocycles. The Morgan fingerprint density at radius 2 is 1.91 bits per heavy atom. The summed E-state index contributed by atoms with van der Waals surface area (Å²) in [5.74, 6) is 1.02. The monoisotopic (exact) mass is 311 g/mol. The van der Waals surface area contributed by atoms with E-state index in [1.165, 1.54) is 44.9 Å². The third kappa shape index (κ3) is 3.26. The fourth-order valence-electron chi connectivity index (χ4n) is 3.80. The van der Waals surface area contributed by atoms with Gasteiger partial charge in [0, 0.05) is 12.6 Å². The van der Waals surface area contributed by atoms with Gasteiger partial charge in [-0.2, -0.15) is 0 Å². The van der Waals surface area contributed by atoms with Gasteiger partial charge >= 0.3 is 0 Å². The molecular weight excluding hydrogens is 286 g/mol. The van der Waals surface area contributed by atoms with Gasteiger partial charge in [-0.1, -0.05) is 31.4 Å². The third-order valence-corrected chi connectivity index (χ3v) is 5.32. The van der Waals surface area contributed by atoms with Crippen LogP contribution in [0.4, 0.5) is 0 Å². The summed E-state index contributed by atoms with van der Waals surface area (Å²) in [6.07, 6.45) is 10.6. The topological polar surface area (TPSA) is 38.1 Å². The molecular formula is C19H25N3O. The van der Waals surface area contributed by atoms with Gasteiger partial charge in [-0.3, -0.25) is 4.79 Å². The van der Waals surface area contributed by atoms with Gasteiger partial charge in [-0.25, -0.2) is 4.98 Å². The summed E-state index contributed by atoms with van der Waals surface area (Å²) in [5.41, 5.74) is 2.02. The van der Waals surface area contributed by atoms with Crippen LogP contribution in [0.25, 0.3) is 11.0 Å². The van der Waals surface area contributed by atoms with Crippen molar-refractivity contribution in [3.05, 3.63) is 30.6 Å². The standard InChI is InChI=1S/C19H25N3O/c23-19(13-21-14-20-17-8-4-5-9-18(17)21)22(12-15-10-11-15)16-6-2-1-3-7-16/h4-5,8-9,14-16H,1-3,6-7,10-13H2. The number of fused-ring (bicyclic) bond motifs is 1. The average molecular weight is 311 g/mol. The van der Waals surface area contributed by atoms with Gasteiger partial charge in [0.2, 0.25) is 5.91 Å². The first-order chi connectivity index (χ1) is 11.3. The van der Waals surface area contributed by atoms with Gasteiger partial charge in [-0.15, -0.1) is 0 Å². The van der Waals surface area contributed by atoms with Crippen molar-refractivity contribution in [2.45, 2.75) is 57.5 Å². The molecule has 2 saturated carbocycles. The minimum absolute atomic E-state index is 0.270. The van der Waals surface area contributed by atoms with Crippen molar-refractivity contribution in [1.82, 2.24) is 14.5 Å². The van der Waals surface area contributed by atoms with Crippen LogP contribution in [0.15, 0.2) is 30.6 Å². The van der Waals surface area contributed by atoms with E-state index in [1.807, 2.05) is 28.8 Å². The second-order valence-corrected chi connectivity index (χ2v) is 7.14. The highest BCUT2D eigenvalue weighted by Crippen LogP contribution is 2.32. The first-order valence-electron chi connectivity index (χ1n) is 9.00. The SMILES string of the molecule is O=C(Cn1cnc2ccccc21)N(CC1CC1)C1CCCCC1. The molecule has 1 amide bonds. The first-order valence-corrected chi connectivity index (χ1v) is 9.00. The Labute approximate surface area is 137 Å². The molecule has 0 radical (unpaired) electrons. The van der Waals surface area contributed by atoms with Gasteiger partial charge < -0.3 is 9.47 Å². The van der Waals surface area contributed by atoms with Crippen LogP contribution in [-0.4, -0.2) is 32.9 Å². The smallest absolute Gasteiger partial charge is 0.242 e. The molecule has 4 nitrogen and oxygen atoms in total. The van der Waals surface area contributed by atoms with E-state index in [0.717, 1.165) is 23.5 Å². The fourth-order valence-corrected chi connectivity index (χ4v) is 3.80. The molecule has 23 heavy (non-hydrogen) atoms. The third-order valence-electron chi connectivity index (χ3n) is 5.32. The lowest BCUT2D eigenvalue weighted by atomic mass is 9.94. The molecule has 2 aliphatic carbocycles. The molecule has 4 rings (SSSR count). The van der Waals surface area contributed by atoms with Crippen LogP contribution in [0.2, 0.25) is 0 Å². The molecule has 122 valence electrons. The maximum Gasteiger partial charge on any atom is 0.242 e. The molecule has 0 bridgehead atoms. The zero-order chi connectivity index (χ0) is 15.6. The van der Waals surface area contributed by atoms with Crippen LogP contribution < -0.4 is 0 Å². The molecule has 0 aliphatic heterocycles. The highest BCUT2D eigenvalue weighted by Gasteiger charge is 2.31. The van der Waals surface area contributed by atoms with Crippen molar-refractivity contribution < 1.29 is 4.79 Å². The summed E-state index contributed by atoms with van der Waals surface area (Å²) in [6, 6.07) is 8.50. The Kier molecular flexibility index (Phi) is 4.06. The summed E-state index contributed by atoms with van der Waals surface area (Å²) in [6.45, 7) is 1.39. The lowest BCUT2D eigenvalue weighted by Gasteiger charge is -2.34. The quantitative estimate of drug-likeness (QED) is 0.846. The summed E-state index contributed by atoms with van der Waals surface area (Å²) in [4.78, 5) is 19.6. The predicted octanol–water partition coefficient (Wildman–Crippen LogP) is 3.61. The zero-order valence-corrected chi connectivity index (χ0v) is 13.7. The predicted molar refractivity (Wildman–Crippen MR) is 91.0 cm³/mol. The maximum absolute atomic E-state index is 13.0. The number of aromatic nitrogens is 2. The molecule has 1 heterocycles. The summed E-state index contributed by atoms with van der Waals surface area (Å²) >= 11 is 0. The second-order valence-electron chi connectivity index (χ2n) is 7.14. The van der Waals surface area contributed by atoms with E-state index in [9.17, 15) is 4.79 Å². The van der Waals surface area contributed by atoms with Crippen molar-refractivity contribution >= 4 is 16.9 Å². The van der Waals surface area contributed by atoms with Crippen LogP contribution in [0, 0.1) is 5.92 Å². The molecule has 0 unspecified atom stereocenters. The van der Waals surface area contributed by atoms with Crippen LogP contribution in [-0.2, 0) is 11.3 Å². The fraction of sp³-hybridized carbons (Fsp3) is 0.579. The first kappa shape index (κ1) is 14.7. The van der Waals surface area contributed by atoms with Crippen LogP contribution in [0.1, 0.15) is 44.9 Å². The van der Waals surface area contributed by atoms with E-state index < -0.39 is 0 Å². The van der Waals surface area contributed by atoms with Crippen molar-refractivity contribution in [2.24, 2.45) is 5.92 Å². The Morgan fingerprint density at radius 3 is 2.70 bits per heavy atom. The van der Waals surface area contributed by atoms with Gasteiger partial charge in [0.15, 0.2) is 0 Å². The van der Waals surface area contributed by atoms with Crippen molar-refractivity contribution in [3.8, 4) is 0 Å². The van der Waals surface area contributed by atoms with E-state index in [1.54, 1.807) is 6.33 Å². The second kappa shape index (κ2) is 6.34. The van der Waals surface area contributed by atoms with Crippen molar-refractivity contribution in [2.75, 3.05) is 6.54 Å². The Morgan fingerprint density at radius 1 is 1.13 bits per heavy atom.